The van der Waals surface area contributed by atoms with Gasteiger partial charge in [0.1, 0.15) is 0 Å². The van der Waals surface area contributed by atoms with Crippen molar-refractivity contribution in [3.63, 3.8) is 0 Å². The molecule has 0 bridgehead atoms. The van der Waals surface area contributed by atoms with Crippen LogP contribution in [0.25, 0.3) is 0 Å². The molecule has 1 unspecified atom stereocenters. The van der Waals surface area contributed by atoms with E-state index in [1.54, 1.807) is 0 Å². The molecule has 2 rings (SSSR count). The van der Waals surface area contributed by atoms with Crippen LogP contribution in [-0.2, 0) is 0 Å². The zero-order valence-electron chi connectivity index (χ0n) is 9.93. The Hall–Kier alpha value is -0.690. The Morgan fingerprint density at radius 2 is 2.19 bits per heavy atom. The summed E-state index contributed by atoms with van der Waals surface area (Å²) in [6.45, 7) is 3.32. The van der Waals surface area contributed by atoms with E-state index in [4.69, 9.17) is 11.6 Å². The Kier molecular flexibility index (Phi) is 4.11. The highest BCUT2D eigenvalue weighted by Gasteiger charge is 2.22. The largest absolute Gasteiger partial charge is 0.383 e. The Morgan fingerprint density at radius 3 is 3.00 bits per heavy atom. The van der Waals surface area contributed by atoms with Crippen LogP contribution >= 0.6 is 11.6 Å². The minimum atomic E-state index is 0.672. The van der Waals surface area contributed by atoms with Gasteiger partial charge >= 0.3 is 0 Å². The quantitative estimate of drug-likeness (QED) is 0.724. The molecule has 0 amide bonds. The van der Waals surface area contributed by atoms with Crippen LogP contribution in [0, 0.1) is 0 Å². The third-order valence-electron chi connectivity index (χ3n) is 3.42. The number of hydrogen-bond acceptors (Lipinski definition) is 1. The Balaban J connectivity index is 1.93. The number of para-hydroxylation sites is 1. The van der Waals surface area contributed by atoms with E-state index < -0.39 is 0 Å². The monoisotopic (exact) mass is 237 g/mol. The number of halogens is 1. The molecule has 1 aromatic rings. The summed E-state index contributed by atoms with van der Waals surface area (Å²) in [7, 11) is 0. The van der Waals surface area contributed by atoms with Crippen molar-refractivity contribution < 1.29 is 0 Å². The van der Waals surface area contributed by atoms with E-state index in [1.807, 2.05) is 6.07 Å². The molecule has 0 aliphatic carbocycles. The molecule has 0 aromatic heterocycles. The van der Waals surface area contributed by atoms with Gasteiger partial charge in [-0.3, -0.25) is 0 Å². The lowest BCUT2D eigenvalue weighted by molar-refractivity contribution is 0.578. The highest BCUT2D eigenvalue weighted by atomic mass is 35.5. The van der Waals surface area contributed by atoms with Crippen LogP contribution in [0.4, 0.5) is 5.69 Å². The maximum absolute atomic E-state index is 6.16. The van der Waals surface area contributed by atoms with Gasteiger partial charge in [0.05, 0.1) is 10.7 Å². The van der Waals surface area contributed by atoms with Gasteiger partial charge in [-0.15, -0.1) is 0 Å². The summed E-state index contributed by atoms with van der Waals surface area (Å²) in [6.07, 6.45) is 6.67. The molecule has 0 saturated carbocycles. The summed E-state index contributed by atoms with van der Waals surface area (Å²) >= 11 is 6.16. The first-order valence-corrected chi connectivity index (χ1v) is 6.73. The number of unbranched alkanes of at least 4 members (excludes halogenated alkanes) is 3. The number of anilines is 1. The maximum atomic E-state index is 6.16. The van der Waals surface area contributed by atoms with E-state index in [0.29, 0.717) is 5.92 Å². The summed E-state index contributed by atoms with van der Waals surface area (Å²) < 4.78 is 0. The highest BCUT2D eigenvalue weighted by molar-refractivity contribution is 6.33. The van der Waals surface area contributed by atoms with Crippen molar-refractivity contribution in [2.45, 2.75) is 44.9 Å². The lowest BCUT2D eigenvalue weighted by atomic mass is 9.95. The van der Waals surface area contributed by atoms with Gasteiger partial charge in [0.25, 0.3) is 0 Å². The molecule has 0 spiro atoms. The fourth-order valence-corrected chi connectivity index (χ4v) is 2.73. The van der Waals surface area contributed by atoms with E-state index in [2.05, 4.69) is 24.4 Å². The van der Waals surface area contributed by atoms with Gasteiger partial charge in [0.15, 0.2) is 0 Å². The maximum Gasteiger partial charge on any atom is 0.0640 e. The molecule has 1 heterocycles. The zero-order valence-corrected chi connectivity index (χ0v) is 10.7. The van der Waals surface area contributed by atoms with Crippen LogP contribution in [0.5, 0.6) is 0 Å². The second kappa shape index (κ2) is 5.58. The normalized spacial score (nSPS) is 18.2. The van der Waals surface area contributed by atoms with Crippen LogP contribution in [0.3, 0.4) is 0 Å². The van der Waals surface area contributed by atoms with E-state index in [0.717, 1.165) is 11.6 Å². The molecular formula is C14H20ClN. The number of rotatable bonds is 5. The van der Waals surface area contributed by atoms with E-state index in [9.17, 15) is 0 Å². The van der Waals surface area contributed by atoms with Crippen molar-refractivity contribution in [1.82, 2.24) is 0 Å². The first kappa shape index (κ1) is 11.8. The molecule has 16 heavy (non-hydrogen) atoms. The molecule has 1 atom stereocenters. The standard InChI is InChI=1S/C14H20ClN/c1-2-3-4-5-7-11-10-16-14-12(11)8-6-9-13(14)15/h6,8-9,11,16H,2-5,7,10H2,1H3. The van der Waals surface area contributed by atoms with E-state index >= 15 is 0 Å². The second-order valence-corrected chi connectivity index (χ2v) is 5.04. The predicted octanol–water partition coefficient (Wildman–Crippen LogP) is 4.82. The fourth-order valence-electron chi connectivity index (χ4n) is 2.48. The summed E-state index contributed by atoms with van der Waals surface area (Å²) in [5.74, 6) is 0.672. The van der Waals surface area contributed by atoms with Crippen molar-refractivity contribution in [3.05, 3.63) is 28.8 Å². The SMILES string of the molecule is CCCCCCC1CNc2c(Cl)cccc21. The van der Waals surface area contributed by atoms with Crippen LogP contribution in [0.2, 0.25) is 5.02 Å². The summed E-state index contributed by atoms with van der Waals surface area (Å²) in [6, 6.07) is 6.24. The molecular weight excluding hydrogens is 218 g/mol. The Bertz CT molecular complexity index is 349. The summed E-state index contributed by atoms with van der Waals surface area (Å²) in [4.78, 5) is 0. The minimum absolute atomic E-state index is 0.672. The average molecular weight is 238 g/mol. The lowest BCUT2D eigenvalue weighted by Crippen LogP contribution is -2.01. The van der Waals surface area contributed by atoms with E-state index in [-0.39, 0.29) is 0 Å². The van der Waals surface area contributed by atoms with Crippen molar-refractivity contribution in [2.75, 3.05) is 11.9 Å². The fraction of sp³-hybridized carbons (Fsp3) is 0.571. The molecule has 1 N–H and O–H groups in total. The third-order valence-corrected chi connectivity index (χ3v) is 3.73. The molecule has 0 saturated heterocycles. The number of nitrogens with one attached hydrogen (secondary N) is 1. The van der Waals surface area contributed by atoms with Gasteiger partial charge < -0.3 is 5.32 Å². The van der Waals surface area contributed by atoms with Crippen molar-refractivity contribution >= 4 is 17.3 Å². The van der Waals surface area contributed by atoms with Gasteiger partial charge in [-0.2, -0.15) is 0 Å². The molecule has 88 valence electrons. The molecule has 1 aliphatic rings. The topological polar surface area (TPSA) is 12.0 Å². The zero-order chi connectivity index (χ0) is 11.4. The predicted molar refractivity (Wildman–Crippen MR) is 71.4 cm³/mol. The van der Waals surface area contributed by atoms with Gasteiger partial charge in [-0.25, -0.2) is 0 Å². The van der Waals surface area contributed by atoms with Gasteiger partial charge in [0, 0.05) is 12.5 Å². The van der Waals surface area contributed by atoms with Crippen LogP contribution < -0.4 is 5.32 Å². The van der Waals surface area contributed by atoms with Gasteiger partial charge in [-0.05, 0) is 18.1 Å². The molecule has 1 aromatic carbocycles. The molecule has 2 heteroatoms. The lowest BCUT2D eigenvalue weighted by Gasteiger charge is -2.09. The Labute approximate surface area is 103 Å². The first-order valence-electron chi connectivity index (χ1n) is 6.35. The number of fused-ring (bicyclic) bond motifs is 1. The van der Waals surface area contributed by atoms with Crippen molar-refractivity contribution in [1.29, 1.82) is 0 Å². The van der Waals surface area contributed by atoms with Crippen molar-refractivity contribution in [2.24, 2.45) is 0 Å². The third kappa shape index (κ3) is 2.52. The van der Waals surface area contributed by atoms with E-state index in [1.165, 1.54) is 43.4 Å². The van der Waals surface area contributed by atoms with Crippen molar-refractivity contribution in [3.8, 4) is 0 Å². The van der Waals surface area contributed by atoms with Gasteiger partial charge in [0.2, 0.25) is 0 Å². The minimum Gasteiger partial charge on any atom is -0.383 e. The molecule has 1 nitrogen and oxygen atoms in total. The highest BCUT2D eigenvalue weighted by Crippen LogP contribution is 2.38. The summed E-state index contributed by atoms with van der Waals surface area (Å²) in [5.41, 5.74) is 2.59. The average Bonchev–Trinajstić information content (AvgIpc) is 2.70. The number of benzene rings is 1. The molecule has 0 fully saturated rings. The van der Waals surface area contributed by atoms with Gasteiger partial charge in [-0.1, -0.05) is 56.3 Å². The first-order chi connectivity index (χ1) is 7.83. The molecule has 1 aliphatic heterocycles. The van der Waals surface area contributed by atoms with Crippen LogP contribution in [-0.4, -0.2) is 6.54 Å². The molecule has 0 radical (unpaired) electrons. The van der Waals surface area contributed by atoms with Crippen LogP contribution in [0.15, 0.2) is 18.2 Å². The smallest absolute Gasteiger partial charge is 0.0640 e. The van der Waals surface area contributed by atoms with Crippen LogP contribution in [0.1, 0.15) is 50.5 Å². The summed E-state index contributed by atoms with van der Waals surface area (Å²) in [5, 5.41) is 4.30. The second-order valence-electron chi connectivity index (χ2n) is 4.63. The number of hydrogen-bond donors (Lipinski definition) is 1. The Morgan fingerprint density at radius 1 is 1.31 bits per heavy atom.